The average Bonchev–Trinajstić information content (AvgIpc) is 3.04. The van der Waals surface area contributed by atoms with Crippen LogP contribution in [0.4, 0.5) is 16.2 Å². The standard InChI is InChI=1S/C18H19N5O2/c1-3-23-11-15(16(22-23)17(24)19-2)21-18(25)20-14-10-6-8-12-7-4-5-9-13(12)14/h4-11H,3H2,1-2H3,(H,19,24)(H2,20,21,25). The number of amides is 3. The summed E-state index contributed by atoms with van der Waals surface area (Å²) in [5.41, 5.74) is 1.23. The van der Waals surface area contributed by atoms with Crippen LogP contribution >= 0.6 is 0 Å². The van der Waals surface area contributed by atoms with Crippen LogP contribution < -0.4 is 16.0 Å². The van der Waals surface area contributed by atoms with E-state index >= 15 is 0 Å². The zero-order valence-electron chi connectivity index (χ0n) is 14.0. The molecule has 128 valence electrons. The van der Waals surface area contributed by atoms with Gasteiger partial charge >= 0.3 is 6.03 Å². The zero-order valence-corrected chi connectivity index (χ0v) is 14.0. The maximum Gasteiger partial charge on any atom is 0.323 e. The Hall–Kier alpha value is -3.35. The third-order valence-electron chi connectivity index (χ3n) is 3.81. The number of hydrogen-bond acceptors (Lipinski definition) is 3. The largest absolute Gasteiger partial charge is 0.354 e. The molecule has 0 saturated carbocycles. The molecule has 0 unspecified atom stereocenters. The van der Waals surface area contributed by atoms with E-state index in [0.29, 0.717) is 17.9 Å². The Morgan fingerprint density at radius 2 is 1.76 bits per heavy atom. The van der Waals surface area contributed by atoms with Crippen molar-refractivity contribution < 1.29 is 9.59 Å². The number of hydrogen-bond donors (Lipinski definition) is 3. The highest BCUT2D eigenvalue weighted by molar-refractivity contribution is 6.08. The third-order valence-corrected chi connectivity index (χ3v) is 3.81. The lowest BCUT2D eigenvalue weighted by atomic mass is 10.1. The lowest BCUT2D eigenvalue weighted by Crippen LogP contribution is -2.24. The third kappa shape index (κ3) is 3.45. The van der Waals surface area contributed by atoms with Crippen molar-refractivity contribution in [2.45, 2.75) is 13.5 Å². The van der Waals surface area contributed by atoms with Crippen LogP contribution in [0.5, 0.6) is 0 Å². The summed E-state index contributed by atoms with van der Waals surface area (Å²) in [6.07, 6.45) is 1.63. The van der Waals surface area contributed by atoms with Crippen LogP contribution in [0.1, 0.15) is 17.4 Å². The molecule has 0 saturated heterocycles. The molecule has 7 nitrogen and oxygen atoms in total. The quantitative estimate of drug-likeness (QED) is 0.684. The monoisotopic (exact) mass is 337 g/mol. The van der Waals surface area contributed by atoms with E-state index in [0.717, 1.165) is 10.8 Å². The Morgan fingerprint density at radius 3 is 2.52 bits per heavy atom. The molecule has 0 fully saturated rings. The number of anilines is 2. The van der Waals surface area contributed by atoms with Crippen LogP contribution in [0.3, 0.4) is 0 Å². The molecule has 1 heterocycles. The van der Waals surface area contributed by atoms with Gasteiger partial charge in [0.05, 0.1) is 11.4 Å². The minimum absolute atomic E-state index is 0.178. The molecular formula is C18H19N5O2. The first-order valence-corrected chi connectivity index (χ1v) is 7.97. The molecule has 25 heavy (non-hydrogen) atoms. The van der Waals surface area contributed by atoms with Crippen molar-refractivity contribution in [3.8, 4) is 0 Å². The van der Waals surface area contributed by atoms with Crippen LogP contribution in [0.15, 0.2) is 48.7 Å². The van der Waals surface area contributed by atoms with Gasteiger partial charge in [0.15, 0.2) is 5.69 Å². The van der Waals surface area contributed by atoms with Crippen LogP contribution in [0, 0.1) is 0 Å². The molecule has 0 aliphatic rings. The molecule has 3 rings (SSSR count). The average molecular weight is 337 g/mol. The van der Waals surface area contributed by atoms with Crippen molar-refractivity contribution in [1.82, 2.24) is 15.1 Å². The summed E-state index contributed by atoms with van der Waals surface area (Å²) in [6.45, 7) is 2.50. The molecule has 2 aromatic carbocycles. The van der Waals surface area contributed by atoms with E-state index in [1.54, 1.807) is 10.9 Å². The van der Waals surface area contributed by atoms with Gasteiger partial charge in [0, 0.05) is 25.2 Å². The number of benzene rings is 2. The lowest BCUT2D eigenvalue weighted by molar-refractivity contribution is 0.0958. The minimum Gasteiger partial charge on any atom is -0.354 e. The van der Waals surface area contributed by atoms with E-state index in [2.05, 4.69) is 21.0 Å². The molecule has 3 amide bonds. The zero-order chi connectivity index (χ0) is 17.8. The van der Waals surface area contributed by atoms with E-state index in [9.17, 15) is 9.59 Å². The normalized spacial score (nSPS) is 10.5. The molecule has 7 heteroatoms. The summed E-state index contributed by atoms with van der Waals surface area (Å²) in [7, 11) is 1.52. The second kappa shape index (κ2) is 7.04. The number of urea groups is 1. The molecule has 0 atom stereocenters. The Morgan fingerprint density at radius 1 is 1.04 bits per heavy atom. The summed E-state index contributed by atoms with van der Waals surface area (Å²) in [5.74, 6) is -0.354. The van der Waals surface area contributed by atoms with Crippen molar-refractivity contribution in [2.75, 3.05) is 17.7 Å². The first kappa shape index (κ1) is 16.5. The Kier molecular flexibility index (Phi) is 4.65. The predicted octanol–water partition coefficient (Wildman–Crippen LogP) is 3.06. The highest BCUT2D eigenvalue weighted by Gasteiger charge is 2.17. The number of rotatable bonds is 4. The number of fused-ring (bicyclic) bond motifs is 1. The van der Waals surface area contributed by atoms with Gasteiger partial charge in [0.1, 0.15) is 0 Å². The number of carbonyl (C=O) groups is 2. The molecular weight excluding hydrogens is 318 g/mol. The van der Waals surface area contributed by atoms with Gasteiger partial charge in [-0.1, -0.05) is 36.4 Å². The molecule has 0 bridgehead atoms. The molecule has 0 aliphatic heterocycles. The van der Waals surface area contributed by atoms with E-state index in [-0.39, 0.29) is 11.6 Å². The summed E-state index contributed by atoms with van der Waals surface area (Å²) >= 11 is 0. The Bertz CT molecular complexity index is 927. The fraction of sp³-hybridized carbons (Fsp3) is 0.167. The molecule has 1 aromatic heterocycles. The highest BCUT2D eigenvalue weighted by Crippen LogP contribution is 2.23. The minimum atomic E-state index is -0.433. The Balaban J connectivity index is 1.83. The highest BCUT2D eigenvalue weighted by atomic mass is 16.2. The summed E-state index contributed by atoms with van der Waals surface area (Å²) in [4.78, 5) is 24.3. The van der Waals surface area contributed by atoms with Crippen LogP contribution in [0.2, 0.25) is 0 Å². The number of aryl methyl sites for hydroxylation is 1. The van der Waals surface area contributed by atoms with Gasteiger partial charge in [0.25, 0.3) is 5.91 Å². The summed E-state index contributed by atoms with van der Waals surface area (Å²) < 4.78 is 1.60. The fourth-order valence-electron chi connectivity index (χ4n) is 2.57. The van der Waals surface area contributed by atoms with Gasteiger partial charge in [-0.25, -0.2) is 4.79 Å². The number of nitrogens with zero attached hydrogens (tertiary/aromatic N) is 2. The van der Waals surface area contributed by atoms with Crippen molar-refractivity contribution in [3.05, 3.63) is 54.4 Å². The van der Waals surface area contributed by atoms with Gasteiger partial charge in [-0.05, 0) is 18.4 Å². The van der Waals surface area contributed by atoms with Gasteiger partial charge < -0.3 is 16.0 Å². The first-order chi connectivity index (χ1) is 12.1. The second-order valence-corrected chi connectivity index (χ2v) is 5.43. The molecule has 3 aromatic rings. The molecule has 0 spiro atoms. The lowest BCUT2D eigenvalue weighted by Gasteiger charge is -2.10. The van der Waals surface area contributed by atoms with Gasteiger partial charge in [0.2, 0.25) is 0 Å². The maximum atomic E-state index is 12.4. The van der Waals surface area contributed by atoms with Crippen molar-refractivity contribution in [1.29, 1.82) is 0 Å². The maximum absolute atomic E-state index is 12.4. The number of aromatic nitrogens is 2. The Labute approximate surface area is 145 Å². The van der Waals surface area contributed by atoms with Crippen LogP contribution in [0.25, 0.3) is 10.8 Å². The van der Waals surface area contributed by atoms with Crippen LogP contribution in [-0.4, -0.2) is 28.8 Å². The summed E-state index contributed by atoms with van der Waals surface area (Å²) in [5, 5.41) is 14.2. The van der Waals surface area contributed by atoms with Gasteiger partial charge in [-0.3, -0.25) is 9.48 Å². The summed E-state index contributed by atoms with van der Waals surface area (Å²) in [6, 6.07) is 13.0. The van der Waals surface area contributed by atoms with Crippen molar-refractivity contribution >= 4 is 34.1 Å². The fourth-order valence-corrected chi connectivity index (χ4v) is 2.57. The molecule has 3 N–H and O–H groups in total. The molecule has 0 radical (unpaired) electrons. The smallest absolute Gasteiger partial charge is 0.323 e. The van der Waals surface area contributed by atoms with Crippen LogP contribution in [-0.2, 0) is 6.54 Å². The SMILES string of the molecule is CCn1cc(NC(=O)Nc2cccc3ccccc23)c(C(=O)NC)n1. The molecule has 0 aliphatic carbocycles. The number of nitrogens with one attached hydrogen (secondary N) is 3. The topological polar surface area (TPSA) is 88.0 Å². The predicted molar refractivity (Wildman–Crippen MR) is 97.9 cm³/mol. The van der Waals surface area contributed by atoms with E-state index in [1.807, 2.05) is 49.4 Å². The van der Waals surface area contributed by atoms with E-state index in [1.165, 1.54) is 7.05 Å². The van der Waals surface area contributed by atoms with E-state index < -0.39 is 6.03 Å². The van der Waals surface area contributed by atoms with Crippen molar-refractivity contribution in [3.63, 3.8) is 0 Å². The first-order valence-electron chi connectivity index (χ1n) is 7.97. The van der Waals surface area contributed by atoms with Gasteiger partial charge in [-0.15, -0.1) is 0 Å². The van der Waals surface area contributed by atoms with Crippen molar-refractivity contribution in [2.24, 2.45) is 0 Å². The van der Waals surface area contributed by atoms with E-state index in [4.69, 9.17) is 0 Å². The second-order valence-electron chi connectivity index (χ2n) is 5.43. The number of carbonyl (C=O) groups excluding carboxylic acids is 2. The van der Waals surface area contributed by atoms with Gasteiger partial charge in [-0.2, -0.15) is 5.10 Å².